The standard InChI is InChI=1S/C15H13ClN6O2S/c1-24-10-4-2-3-9(5-10)13-12(16)14(23)22(13)15-20-19-11(25-15)6-21-8-17-7-18-21/h2-5,7-8,12-13H,6H2,1H3. The number of β-lactam (4-membered cyclic amide) rings is 1. The third kappa shape index (κ3) is 2.85. The molecule has 2 atom stereocenters. The Kier molecular flexibility index (Phi) is 4.10. The summed E-state index contributed by atoms with van der Waals surface area (Å²) in [6, 6.07) is 7.21. The first-order valence-corrected chi connectivity index (χ1v) is 8.68. The molecule has 0 N–H and O–H groups in total. The molecule has 8 nitrogen and oxygen atoms in total. The van der Waals surface area contributed by atoms with Crippen molar-refractivity contribution in [2.45, 2.75) is 18.0 Å². The molecule has 1 aliphatic rings. The Morgan fingerprint density at radius 2 is 2.24 bits per heavy atom. The van der Waals surface area contributed by atoms with E-state index >= 15 is 0 Å². The molecule has 25 heavy (non-hydrogen) atoms. The minimum absolute atomic E-state index is 0.182. The lowest BCUT2D eigenvalue weighted by molar-refractivity contribution is -0.123. The lowest BCUT2D eigenvalue weighted by Crippen LogP contribution is -2.56. The van der Waals surface area contributed by atoms with Crippen molar-refractivity contribution >= 4 is 34.0 Å². The molecule has 10 heteroatoms. The van der Waals surface area contributed by atoms with Crippen molar-refractivity contribution in [2.75, 3.05) is 12.0 Å². The van der Waals surface area contributed by atoms with Gasteiger partial charge in [0.25, 0.3) is 0 Å². The van der Waals surface area contributed by atoms with E-state index in [0.717, 1.165) is 10.6 Å². The van der Waals surface area contributed by atoms with E-state index in [4.69, 9.17) is 16.3 Å². The molecule has 0 saturated carbocycles. The van der Waals surface area contributed by atoms with Crippen molar-refractivity contribution in [1.82, 2.24) is 25.0 Å². The average molecular weight is 377 g/mol. The third-order valence-corrected chi connectivity index (χ3v) is 5.22. The Bertz CT molecular complexity index is 899. The maximum absolute atomic E-state index is 12.3. The summed E-state index contributed by atoms with van der Waals surface area (Å²) >= 11 is 7.60. The van der Waals surface area contributed by atoms with Gasteiger partial charge in [-0.3, -0.25) is 9.69 Å². The highest BCUT2D eigenvalue weighted by Crippen LogP contribution is 2.43. The molecule has 1 aliphatic heterocycles. The topological polar surface area (TPSA) is 86.0 Å². The molecule has 1 saturated heterocycles. The molecule has 3 aromatic rings. The van der Waals surface area contributed by atoms with Crippen LogP contribution in [0.3, 0.4) is 0 Å². The molecule has 1 aromatic carbocycles. The second-order valence-electron chi connectivity index (χ2n) is 5.40. The second-order valence-corrected chi connectivity index (χ2v) is 6.91. The van der Waals surface area contributed by atoms with Gasteiger partial charge in [-0.25, -0.2) is 9.67 Å². The van der Waals surface area contributed by atoms with Crippen LogP contribution < -0.4 is 9.64 Å². The van der Waals surface area contributed by atoms with Crippen molar-refractivity contribution in [3.05, 3.63) is 47.5 Å². The van der Waals surface area contributed by atoms with Gasteiger partial charge in [-0.15, -0.1) is 21.8 Å². The normalized spacial score (nSPS) is 19.8. The predicted octanol–water partition coefficient (Wildman–Crippen LogP) is 1.88. The number of rotatable bonds is 5. The number of methoxy groups -OCH3 is 1. The van der Waals surface area contributed by atoms with Crippen LogP contribution >= 0.6 is 22.9 Å². The molecule has 0 radical (unpaired) electrons. The van der Waals surface area contributed by atoms with E-state index in [2.05, 4.69) is 20.3 Å². The minimum atomic E-state index is -0.630. The average Bonchev–Trinajstić information content (AvgIpc) is 3.31. The third-order valence-electron chi connectivity index (χ3n) is 3.89. The van der Waals surface area contributed by atoms with Gasteiger partial charge in [0.2, 0.25) is 11.0 Å². The number of carbonyl (C=O) groups is 1. The number of alkyl halides is 1. The number of aromatic nitrogens is 5. The molecule has 128 valence electrons. The molecule has 1 amide bonds. The maximum Gasteiger partial charge on any atom is 0.250 e. The molecular formula is C15H13ClN6O2S. The van der Waals surface area contributed by atoms with E-state index in [9.17, 15) is 4.79 Å². The summed E-state index contributed by atoms with van der Waals surface area (Å²) in [7, 11) is 1.60. The lowest BCUT2D eigenvalue weighted by atomic mass is 9.94. The van der Waals surface area contributed by atoms with Crippen molar-refractivity contribution in [3.63, 3.8) is 0 Å². The number of anilines is 1. The summed E-state index contributed by atoms with van der Waals surface area (Å²) in [5.74, 6) is 0.530. The van der Waals surface area contributed by atoms with Gasteiger partial charge in [0, 0.05) is 0 Å². The fourth-order valence-electron chi connectivity index (χ4n) is 2.67. The fourth-order valence-corrected chi connectivity index (χ4v) is 3.91. The number of benzene rings is 1. The van der Waals surface area contributed by atoms with Crippen LogP contribution in [-0.4, -0.2) is 43.4 Å². The quantitative estimate of drug-likeness (QED) is 0.499. The molecular weight excluding hydrogens is 364 g/mol. The zero-order chi connectivity index (χ0) is 17.4. The van der Waals surface area contributed by atoms with Crippen LogP contribution in [0.2, 0.25) is 0 Å². The van der Waals surface area contributed by atoms with E-state index in [0.29, 0.717) is 17.4 Å². The smallest absolute Gasteiger partial charge is 0.250 e. The minimum Gasteiger partial charge on any atom is -0.497 e. The molecule has 0 aliphatic carbocycles. The molecule has 2 unspecified atom stereocenters. The van der Waals surface area contributed by atoms with Crippen LogP contribution in [0.15, 0.2) is 36.9 Å². The fraction of sp³-hybridized carbons (Fsp3) is 0.267. The van der Waals surface area contributed by atoms with Gasteiger partial charge in [0.15, 0.2) is 0 Å². The Morgan fingerprint density at radius 1 is 1.36 bits per heavy atom. The first-order chi connectivity index (χ1) is 12.2. The van der Waals surface area contributed by atoms with Crippen LogP contribution in [0, 0.1) is 0 Å². The summed E-state index contributed by atoms with van der Waals surface area (Å²) in [5.41, 5.74) is 0.895. The molecule has 2 aromatic heterocycles. The van der Waals surface area contributed by atoms with Crippen molar-refractivity contribution in [2.24, 2.45) is 0 Å². The zero-order valence-electron chi connectivity index (χ0n) is 13.1. The van der Waals surface area contributed by atoms with E-state index in [1.807, 2.05) is 24.3 Å². The summed E-state index contributed by atoms with van der Waals surface area (Å²) < 4.78 is 6.90. The first-order valence-electron chi connectivity index (χ1n) is 7.43. The summed E-state index contributed by atoms with van der Waals surface area (Å²) in [5, 5.41) is 12.9. The summed E-state index contributed by atoms with van der Waals surface area (Å²) in [6.07, 6.45) is 3.06. The van der Waals surface area contributed by atoms with E-state index in [1.165, 1.54) is 17.7 Å². The van der Waals surface area contributed by atoms with E-state index < -0.39 is 5.38 Å². The maximum atomic E-state index is 12.3. The second kappa shape index (κ2) is 6.41. The molecule has 4 rings (SSSR count). The Balaban J connectivity index is 1.60. The van der Waals surface area contributed by atoms with Gasteiger partial charge in [-0.05, 0) is 17.7 Å². The number of halogens is 1. The number of nitrogens with zero attached hydrogens (tertiary/aromatic N) is 6. The van der Waals surface area contributed by atoms with Gasteiger partial charge in [-0.1, -0.05) is 23.5 Å². The number of ether oxygens (including phenoxy) is 1. The van der Waals surface area contributed by atoms with Crippen molar-refractivity contribution in [3.8, 4) is 5.75 Å². The van der Waals surface area contributed by atoms with Gasteiger partial charge >= 0.3 is 0 Å². The van der Waals surface area contributed by atoms with Crippen LogP contribution in [0.1, 0.15) is 16.6 Å². The lowest BCUT2D eigenvalue weighted by Gasteiger charge is -2.42. The van der Waals surface area contributed by atoms with Gasteiger partial charge in [-0.2, -0.15) is 5.10 Å². The Labute approximate surface area is 152 Å². The number of hydrogen-bond acceptors (Lipinski definition) is 7. The molecule has 3 heterocycles. The number of amides is 1. The van der Waals surface area contributed by atoms with Crippen molar-refractivity contribution < 1.29 is 9.53 Å². The molecule has 0 spiro atoms. The first kappa shape index (κ1) is 16.0. The number of carbonyl (C=O) groups excluding carboxylic acids is 1. The SMILES string of the molecule is COc1cccc(C2C(Cl)C(=O)N2c2nnc(Cn3cncn3)s2)c1. The predicted molar refractivity (Wildman–Crippen MR) is 91.9 cm³/mol. The Morgan fingerprint density at radius 3 is 3.00 bits per heavy atom. The highest BCUT2D eigenvalue weighted by molar-refractivity contribution is 7.15. The summed E-state index contributed by atoms with van der Waals surface area (Å²) in [6.45, 7) is 0.452. The van der Waals surface area contributed by atoms with Crippen LogP contribution in [0.25, 0.3) is 0 Å². The zero-order valence-corrected chi connectivity index (χ0v) is 14.7. The monoisotopic (exact) mass is 376 g/mol. The largest absolute Gasteiger partial charge is 0.497 e. The number of hydrogen-bond donors (Lipinski definition) is 0. The van der Waals surface area contributed by atoms with Gasteiger partial charge in [0.05, 0.1) is 19.7 Å². The Hall–Kier alpha value is -2.52. The van der Waals surface area contributed by atoms with Crippen molar-refractivity contribution in [1.29, 1.82) is 0 Å². The van der Waals surface area contributed by atoms with Crippen LogP contribution in [-0.2, 0) is 11.3 Å². The summed E-state index contributed by atoms with van der Waals surface area (Å²) in [4.78, 5) is 17.8. The van der Waals surface area contributed by atoms with Gasteiger partial charge < -0.3 is 4.74 Å². The van der Waals surface area contributed by atoms with E-state index in [1.54, 1.807) is 23.0 Å². The van der Waals surface area contributed by atoms with E-state index in [-0.39, 0.29) is 11.9 Å². The van der Waals surface area contributed by atoms with Crippen LogP contribution in [0.5, 0.6) is 5.75 Å². The van der Waals surface area contributed by atoms with Crippen LogP contribution in [0.4, 0.5) is 5.13 Å². The molecule has 1 fully saturated rings. The highest BCUT2D eigenvalue weighted by atomic mass is 35.5. The van der Waals surface area contributed by atoms with Gasteiger partial charge in [0.1, 0.15) is 28.8 Å². The molecule has 0 bridgehead atoms. The highest BCUT2D eigenvalue weighted by Gasteiger charge is 2.49.